The fraction of sp³-hybridized carbons (Fsp3) is 0.385. The molecular weight excluding hydrogens is 216 g/mol. The number of rotatable bonds is 5. The van der Waals surface area contributed by atoms with Gasteiger partial charge in [0.05, 0.1) is 12.5 Å². The first-order valence-corrected chi connectivity index (χ1v) is 5.49. The standard InChI is InChI=1S/C13H16N2O2/c1-3-13(2,12(16)17)15-11-6-4-10(5-7-11)8-9-14/h4-7,15H,3,8H2,1-2H3,(H,16,17). The zero-order valence-electron chi connectivity index (χ0n) is 10.0. The second kappa shape index (κ2) is 5.35. The van der Waals surface area contributed by atoms with Gasteiger partial charge in [-0.3, -0.25) is 0 Å². The Bertz CT molecular complexity index is 434. The van der Waals surface area contributed by atoms with Crippen LogP contribution in [0.15, 0.2) is 24.3 Å². The fourth-order valence-corrected chi connectivity index (χ4v) is 1.41. The van der Waals surface area contributed by atoms with Gasteiger partial charge >= 0.3 is 5.97 Å². The first-order valence-electron chi connectivity index (χ1n) is 5.49. The molecule has 1 rings (SSSR count). The molecule has 90 valence electrons. The van der Waals surface area contributed by atoms with Gasteiger partial charge in [-0.25, -0.2) is 4.79 Å². The lowest BCUT2D eigenvalue weighted by Gasteiger charge is -2.25. The van der Waals surface area contributed by atoms with E-state index in [4.69, 9.17) is 10.4 Å². The molecule has 0 radical (unpaired) electrons. The fourth-order valence-electron chi connectivity index (χ4n) is 1.41. The molecule has 0 aliphatic rings. The molecule has 0 spiro atoms. The van der Waals surface area contributed by atoms with Crippen LogP contribution in [0.4, 0.5) is 5.69 Å². The van der Waals surface area contributed by atoms with Crippen LogP contribution in [-0.2, 0) is 11.2 Å². The molecule has 1 unspecified atom stereocenters. The van der Waals surface area contributed by atoms with E-state index in [1.807, 2.05) is 19.1 Å². The molecule has 0 saturated carbocycles. The number of anilines is 1. The van der Waals surface area contributed by atoms with Gasteiger partial charge in [-0.05, 0) is 31.0 Å². The number of hydrogen-bond acceptors (Lipinski definition) is 3. The summed E-state index contributed by atoms with van der Waals surface area (Å²) in [6, 6.07) is 9.30. The van der Waals surface area contributed by atoms with Crippen molar-refractivity contribution in [1.29, 1.82) is 5.26 Å². The van der Waals surface area contributed by atoms with Crippen molar-refractivity contribution >= 4 is 11.7 Å². The highest BCUT2D eigenvalue weighted by Crippen LogP contribution is 2.19. The van der Waals surface area contributed by atoms with Crippen LogP contribution in [0.25, 0.3) is 0 Å². The van der Waals surface area contributed by atoms with Crippen LogP contribution in [0.2, 0.25) is 0 Å². The number of carbonyl (C=O) groups is 1. The van der Waals surface area contributed by atoms with Gasteiger partial charge in [0.25, 0.3) is 0 Å². The minimum atomic E-state index is -0.962. The summed E-state index contributed by atoms with van der Waals surface area (Å²) in [7, 11) is 0. The molecule has 4 heteroatoms. The number of benzene rings is 1. The number of nitriles is 1. The van der Waals surface area contributed by atoms with E-state index in [-0.39, 0.29) is 0 Å². The molecule has 4 nitrogen and oxygen atoms in total. The van der Waals surface area contributed by atoms with Crippen molar-refractivity contribution in [3.63, 3.8) is 0 Å². The smallest absolute Gasteiger partial charge is 0.329 e. The third kappa shape index (κ3) is 3.22. The third-order valence-electron chi connectivity index (χ3n) is 2.84. The number of nitrogens with one attached hydrogen (secondary N) is 1. The highest BCUT2D eigenvalue weighted by atomic mass is 16.4. The molecule has 2 N–H and O–H groups in total. The number of nitrogens with zero attached hydrogens (tertiary/aromatic N) is 1. The van der Waals surface area contributed by atoms with Crippen molar-refractivity contribution in [1.82, 2.24) is 0 Å². The summed E-state index contributed by atoms with van der Waals surface area (Å²) in [5.74, 6) is -0.874. The minimum Gasteiger partial charge on any atom is -0.480 e. The molecule has 0 saturated heterocycles. The quantitative estimate of drug-likeness (QED) is 0.817. The third-order valence-corrected chi connectivity index (χ3v) is 2.84. The summed E-state index contributed by atoms with van der Waals surface area (Å²) in [4.78, 5) is 11.1. The van der Waals surface area contributed by atoms with Crippen LogP contribution < -0.4 is 5.32 Å². The van der Waals surface area contributed by atoms with Gasteiger partial charge in [0.15, 0.2) is 0 Å². The monoisotopic (exact) mass is 232 g/mol. The molecule has 0 aliphatic heterocycles. The number of carboxylic acids is 1. The van der Waals surface area contributed by atoms with E-state index in [2.05, 4.69) is 11.4 Å². The average Bonchev–Trinajstić information content (AvgIpc) is 2.31. The number of carboxylic acid groups (broad SMARTS) is 1. The van der Waals surface area contributed by atoms with Crippen LogP contribution >= 0.6 is 0 Å². The Morgan fingerprint density at radius 1 is 1.47 bits per heavy atom. The summed E-state index contributed by atoms with van der Waals surface area (Å²) >= 11 is 0. The van der Waals surface area contributed by atoms with Gasteiger partial charge in [0, 0.05) is 5.69 Å². The lowest BCUT2D eigenvalue weighted by Crippen LogP contribution is -2.42. The maximum absolute atomic E-state index is 11.1. The summed E-state index contributed by atoms with van der Waals surface area (Å²) in [5.41, 5.74) is 0.710. The Kier molecular flexibility index (Phi) is 4.11. The van der Waals surface area contributed by atoms with Crippen molar-refractivity contribution in [2.24, 2.45) is 0 Å². The van der Waals surface area contributed by atoms with Crippen molar-refractivity contribution in [2.45, 2.75) is 32.2 Å². The first kappa shape index (κ1) is 13.0. The Hall–Kier alpha value is -2.02. The molecule has 1 atom stereocenters. The zero-order valence-corrected chi connectivity index (χ0v) is 10.0. The van der Waals surface area contributed by atoms with Crippen LogP contribution in [0.5, 0.6) is 0 Å². The molecule has 0 fully saturated rings. The van der Waals surface area contributed by atoms with E-state index in [1.54, 1.807) is 19.1 Å². The molecule has 0 bridgehead atoms. The molecule has 0 heterocycles. The van der Waals surface area contributed by atoms with Crippen molar-refractivity contribution in [3.8, 4) is 6.07 Å². The SMILES string of the molecule is CCC(C)(Nc1ccc(CC#N)cc1)C(=O)O. The second-order valence-electron chi connectivity index (χ2n) is 4.15. The topological polar surface area (TPSA) is 73.1 Å². The van der Waals surface area contributed by atoms with Gasteiger partial charge in [0.2, 0.25) is 0 Å². The largest absolute Gasteiger partial charge is 0.480 e. The van der Waals surface area contributed by atoms with Crippen LogP contribution in [0, 0.1) is 11.3 Å². The highest BCUT2D eigenvalue weighted by molar-refractivity contribution is 5.82. The Morgan fingerprint density at radius 3 is 2.47 bits per heavy atom. The van der Waals surface area contributed by atoms with E-state index < -0.39 is 11.5 Å². The van der Waals surface area contributed by atoms with Crippen LogP contribution in [0.3, 0.4) is 0 Å². The molecule has 17 heavy (non-hydrogen) atoms. The lowest BCUT2D eigenvalue weighted by atomic mass is 9.98. The Balaban J connectivity index is 2.82. The van der Waals surface area contributed by atoms with Crippen molar-refractivity contribution < 1.29 is 9.90 Å². The lowest BCUT2D eigenvalue weighted by molar-refractivity contribution is -0.141. The second-order valence-corrected chi connectivity index (χ2v) is 4.15. The zero-order chi connectivity index (χ0) is 12.9. The van der Waals surface area contributed by atoms with Gasteiger partial charge in [0.1, 0.15) is 5.54 Å². The Morgan fingerprint density at radius 2 is 2.06 bits per heavy atom. The summed E-state index contributed by atoms with van der Waals surface area (Å²) < 4.78 is 0. The molecule has 0 aliphatic carbocycles. The van der Waals surface area contributed by atoms with Crippen LogP contribution in [-0.4, -0.2) is 16.6 Å². The van der Waals surface area contributed by atoms with E-state index in [1.165, 1.54) is 0 Å². The predicted molar refractivity (Wildman–Crippen MR) is 65.7 cm³/mol. The van der Waals surface area contributed by atoms with Gasteiger partial charge < -0.3 is 10.4 Å². The van der Waals surface area contributed by atoms with E-state index in [0.717, 1.165) is 11.3 Å². The number of hydrogen-bond donors (Lipinski definition) is 2. The van der Waals surface area contributed by atoms with Crippen molar-refractivity contribution in [2.75, 3.05) is 5.32 Å². The summed E-state index contributed by atoms with van der Waals surface area (Å²) in [6.07, 6.45) is 0.854. The molecule has 1 aromatic carbocycles. The number of aliphatic carboxylic acids is 1. The van der Waals surface area contributed by atoms with Gasteiger partial charge in [-0.2, -0.15) is 5.26 Å². The molecule has 0 amide bonds. The maximum atomic E-state index is 11.1. The van der Waals surface area contributed by atoms with Crippen molar-refractivity contribution in [3.05, 3.63) is 29.8 Å². The maximum Gasteiger partial charge on any atom is 0.329 e. The highest BCUT2D eigenvalue weighted by Gasteiger charge is 2.30. The first-order chi connectivity index (χ1) is 8.01. The van der Waals surface area contributed by atoms with E-state index >= 15 is 0 Å². The molecular formula is C13H16N2O2. The molecule has 1 aromatic rings. The summed E-state index contributed by atoms with van der Waals surface area (Å²) in [5, 5.41) is 20.7. The normalized spacial score (nSPS) is 13.5. The van der Waals surface area contributed by atoms with Crippen LogP contribution in [0.1, 0.15) is 25.8 Å². The van der Waals surface area contributed by atoms with Gasteiger partial charge in [-0.15, -0.1) is 0 Å². The van der Waals surface area contributed by atoms with Gasteiger partial charge in [-0.1, -0.05) is 19.1 Å². The van der Waals surface area contributed by atoms with E-state index in [0.29, 0.717) is 12.8 Å². The predicted octanol–water partition coefficient (Wildman–Crippen LogP) is 2.42. The van der Waals surface area contributed by atoms with E-state index in [9.17, 15) is 4.79 Å². The summed E-state index contributed by atoms with van der Waals surface area (Å²) in [6.45, 7) is 3.48. The average molecular weight is 232 g/mol. The molecule has 0 aromatic heterocycles. The minimum absolute atomic E-state index is 0.365. The Labute approximate surface area is 101 Å².